The highest BCUT2D eigenvalue weighted by Gasteiger charge is 2.21. The SMILES string of the molecule is C=P(O)(O)OC.CCC(=O)OC(C)(C)COC.COCC(C)OC(=O)[C@@H](C)C(C)C. The van der Waals surface area contributed by atoms with Crippen LogP contribution in [0.3, 0.4) is 0 Å². The second-order valence-corrected chi connectivity index (χ2v) is 9.30. The van der Waals surface area contributed by atoms with Crippen LogP contribution in [0, 0.1) is 11.8 Å². The Morgan fingerprint density at radius 1 is 1.03 bits per heavy atom. The van der Waals surface area contributed by atoms with E-state index < -0.39 is 13.2 Å². The Kier molecular flexibility index (Phi) is 19.9. The molecule has 0 fully saturated rings. The Balaban J connectivity index is -0.000000389. The molecular formula is C20H43O9P. The van der Waals surface area contributed by atoms with Crippen LogP contribution in [0.25, 0.3) is 0 Å². The number of esters is 2. The molecule has 10 heteroatoms. The molecule has 0 radical (unpaired) electrons. The zero-order valence-electron chi connectivity index (χ0n) is 20.3. The summed E-state index contributed by atoms with van der Waals surface area (Å²) in [6.45, 7) is 14.0. The molecule has 2 N–H and O–H groups in total. The molecule has 0 aliphatic heterocycles. The fourth-order valence-corrected chi connectivity index (χ4v) is 1.60. The van der Waals surface area contributed by atoms with Crippen LogP contribution in [0.5, 0.6) is 0 Å². The lowest BCUT2D eigenvalue weighted by atomic mass is 9.98. The van der Waals surface area contributed by atoms with E-state index in [4.69, 9.17) is 28.7 Å². The van der Waals surface area contributed by atoms with Gasteiger partial charge in [0.25, 0.3) is 0 Å². The third-order valence-corrected chi connectivity index (χ3v) is 4.14. The summed E-state index contributed by atoms with van der Waals surface area (Å²) in [5.41, 5.74) is -0.498. The first-order valence-corrected chi connectivity index (χ1v) is 11.5. The van der Waals surface area contributed by atoms with E-state index in [-0.39, 0.29) is 24.0 Å². The number of ether oxygens (including phenoxy) is 4. The Hall–Kier alpha value is -0.960. The molecule has 0 aliphatic rings. The smallest absolute Gasteiger partial charge is 0.309 e. The van der Waals surface area contributed by atoms with Crippen LogP contribution < -0.4 is 0 Å². The molecule has 0 aromatic carbocycles. The summed E-state index contributed by atoms with van der Waals surface area (Å²) < 4.78 is 24.0. The number of methoxy groups -OCH3 is 2. The maximum Gasteiger partial charge on any atom is 0.309 e. The summed E-state index contributed by atoms with van der Waals surface area (Å²) in [6, 6.07) is 0. The van der Waals surface area contributed by atoms with Crippen LogP contribution in [0.2, 0.25) is 0 Å². The predicted molar refractivity (Wildman–Crippen MR) is 119 cm³/mol. The molecule has 0 aromatic rings. The molecule has 0 amide bonds. The van der Waals surface area contributed by atoms with Crippen molar-refractivity contribution in [2.45, 2.75) is 66.6 Å². The summed E-state index contributed by atoms with van der Waals surface area (Å²) in [5.74, 6) is -0.0480. The molecular weight excluding hydrogens is 415 g/mol. The van der Waals surface area contributed by atoms with E-state index >= 15 is 0 Å². The molecule has 0 saturated heterocycles. The number of hydrogen-bond donors (Lipinski definition) is 2. The summed E-state index contributed by atoms with van der Waals surface area (Å²) >= 11 is 0. The lowest BCUT2D eigenvalue weighted by Crippen LogP contribution is -2.32. The van der Waals surface area contributed by atoms with Gasteiger partial charge in [0.1, 0.15) is 11.7 Å². The van der Waals surface area contributed by atoms with E-state index in [0.29, 0.717) is 25.6 Å². The van der Waals surface area contributed by atoms with Gasteiger partial charge in [-0.2, -0.15) is 0 Å². The van der Waals surface area contributed by atoms with Crippen molar-refractivity contribution in [3.05, 3.63) is 0 Å². The van der Waals surface area contributed by atoms with E-state index in [9.17, 15) is 9.59 Å². The first-order valence-electron chi connectivity index (χ1n) is 9.71. The fraction of sp³-hybridized carbons (Fsp3) is 0.850. The topological polar surface area (TPSA) is 121 Å². The third-order valence-electron chi connectivity index (χ3n) is 3.55. The molecule has 0 heterocycles. The predicted octanol–water partition coefficient (Wildman–Crippen LogP) is 3.03. The maximum atomic E-state index is 11.4. The van der Waals surface area contributed by atoms with Gasteiger partial charge in [-0.3, -0.25) is 9.59 Å². The first kappa shape index (κ1) is 33.7. The van der Waals surface area contributed by atoms with Crippen molar-refractivity contribution in [2.75, 3.05) is 34.5 Å². The van der Waals surface area contributed by atoms with Gasteiger partial charge in [0.15, 0.2) is 0 Å². The molecule has 182 valence electrons. The molecule has 2 atom stereocenters. The maximum absolute atomic E-state index is 11.4. The van der Waals surface area contributed by atoms with Gasteiger partial charge in [-0.25, -0.2) is 0 Å². The highest BCUT2D eigenvalue weighted by Crippen LogP contribution is 2.32. The van der Waals surface area contributed by atoms with Gasteiger partial charge >= 0.3 is 11.9 Å². The number of carbonyl (C=O) groups excluding carboxylic acids is 2. The Morgan fingerprint density at radius 3 is 1.80 bits per heavy atom. The average Bonchev–Trinajstić information content (AvgIpc) is 2.60. The summed E-state index contributed by atoms with van der Waals surface area (Å²) in [6.07, 6.45) is 3.14. The van der Waals surface area contributed by atoms with Crippen LogP contribution in [-0.2, 0) is 33.1 Å². The van der Waals surface area contributed by atoms with Gasteiger partial charge in [0, 0.05) is 27.8 Å². The molecule has 0 aliphatic carbocycles. The van der Waals surface area contributed by atoms with Crippen molar-refractivity contribution >= 4 is 25.8 Å². The van der Waals surface area contributed by atoms with Crippen molar-refractivity contribution in [1.82, 2.24) is 0 Å². The van der Waals surface area contributed by atoms with Gasteiger partial charge in [-0.05, 0) is 33.0 Å². The largest absolute Gasteiger partial charge is 0.460 e. The fourth-order valence-electron chi connectivity index (χ4n) is 1.60. The monoisotopic (exact) mass is 458 g/mol. The molecule has 0 bridgehead atoms. The van der Waals surface area contributed by atoms with Gasteiger partial charge < -0.3 is 33.3 Å². The Labute approximate surface area is 182 Å². The summed E-state index contributed by atoms with van der Waals surface area (Å²) in [5, 5.41) is 0. The van der Waals surface area contributed by atoms with E-state index in [2.05, 4.69) is 10.8 Å². The van der Waals surface area contributed by atoms with Gasteiger partial charge in [0.2, 0.25) is 7.57 Å². The van der Waals surface area contributed by atoms with E-state index in [0.717, 1.165) is 0 Å². The Morgan fingerprint density at radius 2 is 1.50 bits per heavy atom. The van der Waals surface area contributed by atoms with E-state index in [1.165, 1.54) is 7.11 Å². The number of rotatable bonds is 10. The Bertz CT molecular complexity index is 501. The van der Waals surface area contributed by atoms with Crippen LogP contribution in [0.1, 0.15) is 54.9 Å². The molecule has 1 unspecified atom stereocenters. The van der Waals surface area contributed by atoms with Gasteiger partial charge in [0.05, 0.1) is 19.1 Å². The molecule has 0 saturated carbocycles. The highest BCUT2D eigenvalue weighted by molar-refractivity contribution is 7.57. The summed E-state index contributed by atoms with van der Waals surface area (Å²) in [7, 11) is 1.23. The third kappa shape index (κ3) is 23.3. The molecule has 0 rings (SSSR count). The first-order chi connectivity index (χ1) is 13.6. The zero-order chi connectivity index (χ0) is 24.5. The van der Waals surface area contributed by atoms with Crippen molar-refractivity contribution < 1.29 is 42.8 Å². The highest BCUT2D eigenvalue weighted by atomic mass is 31.2. The average molecular weight is 459 g/mol. The minimum Gasteiger partial charge on any atom is -0.460 e. The van der Waals surface area contributed by atoms with E-state index in [1.807, 2.05) is 41.5 Å². The summed E-state index contributed by atoms with van der Waals surface area (Å²) in [4.78, 5) is 38.5. The zero-order valence-corrected chi connectivity index (χ0v) is 21.2. The van der Waals surface area contributed by atoms with Crippen LogP contribution >= 0.6 is 7.57 Å². The van der Waals surface area contributed by atoms with Crippen molar-refractivity contribution in [3.8, 4) is 0 Å². The molecule has 9 nitrogen and oxygen atoms in total. The number of carbonyl (C=O) groups is 2. The van der Waals surface area contributed by atoms with Crippen LogP contribution in [0.15, 0.2) is 0 Å². The molecule has 0 spiro atoms. The standard InChI is InChI=1S/C10H20O3.C8H16O3.C2H7O3P/c1-7(2)9(4)10(11)13-8(3)6-12-5;1-5-7(9)11-8(2,3)6-10-4;1-5-6(2,3)4/h7-9H,6H2,1-5H3;5-6H2,1-4H3;3-4H,2H2,1H3/t8?,9-;;/m0../s1. The van der Waals surface area contributed by atoms with Crippen LogP contribution in [0.4, 0.5) is 0 Å². The second-order valence-electron chi connectivity index (χ2n) is 7.60. The minimum absolute atomic E-state index is 0.0423. The lowest BCUT2D eigenvalue weighted by Gasteiger charge is -2.23. The van der Waals surface area contributed by atoms with Crippen molar-refractivity contribution in [3.63, 3.8) is 0 Å². The quantitative estimate of drug-likeness (QED) is 0.376. The van der Waals surface area contributed by atoms with Gasteiger partial charge in [-0.1, -0.05) is 27.7 Å². The van der Waals surface area contributed by atoms with Crippen LogP contribution in [-0.4, -0.2) is 74.3 Å². The van der Waals surface area contributed by atoms with Crippen molar-refractivity contribution in [2.24, 2.45) is 11.8 Å². The van der Waals surface area contributed by atoms with Crippen molar-refractivity contribution in [1.29, 1.82) is 0 Å². The van der Waals surface area contributed by atoms with Gasteiger partial charge in [-0.15, -0.1) is 0 Å². The normalized spacial score (nSPS) is 13.2. The molecule has 30 heavy (non-hydrogen) atoms. The van der Waals surface area contributed by atoms with E-state index in [1.54, 1.807) is 21.1 Å². The minimum atomic E-state index is -3.15. The number of hydrogen-bond acceptors (Lipinski definition) is 9. The second kappa shape index (κ2) is 17.7. The molecule has 0 aromatic heterocycles. The lowest BCUT2D eigenvalue weighted by molar-refractivity contribution is -0.160.